The number of nitrogens with one attached hydrogen (secondary N) is 1. The number of nitrogens with zero attached hydrogens (tertiary/aromatic N) is 4. The van der Waals surface area contributed by atoms with Crippen LogP contribution in [0.1, 0.15) is 49.8 Å². The maximum atomic E-state index is 12.5. The van der Waals surface area contributed by atoms with E-state index in [4.69, 9.17) is 0 Å². The zero-order chi connectivity index (χ0) is 19.0. The van der Waals surface area contributed by atoms with Crippen molar-refractivity contribution in [2.75, 3.05) is 18.0 Å². The van der Waals surface area contributed by atoms with E-state index in [-0.39, 0.29) is 11.9 Å². The molecular weight excluding hydrogens is 342 g/mol. The van der Waals surface area contributed by atoms with E-state index in [1.807, 2.05) is 24.4 Å². The molecule has 146 valence electrons. The van der Waals surface area contributed by atoms with Crippen LogP contribution < -0.4 is 10.2 Å². The van der Waals surface area contributed by atoms with Gasteiger partial charge in [0, 0.05) is 42.9 Å². The van der Waals surface area contributed by atoms with Gasteiger partial charge < -0.3 is 15.3 Å². The first-order valence-corrected chi connectivity index (χ1v) is 10.0. The Morgan fingerprint density at radius 3 is 2.85 bits per heavy atom. The number of β-amino-alcohol motifs (C(OH)–C–C–N with tert-alkyl or cyclic N) is 1. The number of aryl methyl sites for hydroxylation is 1. The predicted molar refractivity (Wildman–Crippen MR) is 104 cm³/mol. The van der Waals surface area contributed by atoms with E-state index in [9.17, 15) is 9.90 Å². The Kier molecular flexibility index (Phi) is 5.04. The van der Waals surface area contributed by atoms with Crippen LogP contribution in [0.4, 0.5) is 5.82 Å². The van der Waals surface area contributed by atoms with E-state index in [0.717, 1.165) is 22.7 Å². The predicted octanol–water partition coefficient (Wildman–Crippen LogP) is 1.98. The average molecular weight is 371 g/mol. The minimum atomic E-state index is -0.478. The first-order chi connectivity index (χ1) is 13.0. The maximum absolute atomic E-state index is 12.5. The highest BCUT2D eigenvalue weighted by Crippen LogP contribution is 2.28. The van der Waals surface area contributed by atoms with Crippen LogP contribution in [0.15, 0.2) is 12.3 Å². The van der Waals surface area contributed by atoms with Crippen LogP contribution in [0.25, 0.3) is 5.65 Å². The number of hydrogen-bond donors (Lipinski definition) is 2. The normalized spacial score (nSPS) is 23.9. The molecule has 2 atom stereocenters. The highest BCUT2D eigenvalue weighted by atomic mass is 16.3. The first-order valence-electron chi connectivity index (χ1n) is 10.0. The third kappa shape index (κ3) is 3.78. The van der Waals surface area contributed by atoms with Crippen LogP contribution in [-0.4, -0.2) is 50.8 Å². The molecule has 2 aliphatic rings. The summed E-state index contributed by atoms with van der Waals surface area (Å²) < 4.78 is 1.83. The van der Waals surface area contributed by atoms with Crippen molar-refractivity contribution in [2.24, 2.45) is 5.92 Å². The summed E-state index contributed by atoms with van der Waals surface area (Å²) in [6, 6.07) is 1.83. The first kappa shape index (κ1) is 18.2. The molecule has 2 aromatic rings. The molecule has 2 aromatic heterocycles. The second-order valence-electron chi connectivity index (χ2n) is 8.16. The average Bonchev–Trinajstić information content (AvgIpc) is 3.26. The zero-order valence-corrected chi connectivity index (χ0v) is 16.2. The van der Waals surface area contributed by atoms with Gasteiger partial charge in [-0.1, -0.05) is 12.8 Å². The second kappa shape index (κ2) is 7.46. The topological polar surface area (TPSA) is 82.8 Å². The van der Waals surface area contributed by atoms with E-state index < -0.39 is 6.10 Å². The molecule has 1 saturated heterocycles. The molecule has 0 radical (unpaired) electrons. The van der Waals surface area contributed by atoms with Crippen molar-refractivity contribution in [3.05, 3.63) is 23.5 Å². The summed E-state index contributed by atoms with van der Waals surface area (Å²) in [4.78, 5) is 19.2. The summed E-state index contributed by atoms with van der Waals surface area (Å²) in [6.07, 6.45) is 7.30. The van der Waals surface area contributed by atoms with E-state index in [1.165, 1.54) is 25.7 Å². The summed E-state index contributed by atoms with van der Waals surface area (Å²) in [7, 11) is 0. The van der Waals surface area contributed by atoms with Crippen molar-refractivity contribution in [1.82, 2.24) is 19.9 Å². The Bertz CT molecular complexity index is 827. The molecule has 2 fully saturated rings. The number of hydrogen-bond acceptors (Lipinski definition) is 5. The van der Waals surface area contributed by atoms with Crippen LogP contribution in [0.5, 0.6) is 0 Å². The van der Waals surface area contributed by atoms with Crippen molar-refractivity contribution >= 4 is 17.4 Å². The molecule has 3 heterocycles. The molecule has 27 heavy (non-hydrogen) atoms. The molecular formula is C20H29N5O2. The third-order valence-corrected chi connectivity index (χ3v) is 6.03. The molecule has 1 aliphatic heterocycles. The van der Waals surface area contributed by atoms with Gasteiger partial charge in [-0.25, -0.2) is 4.98 Å². The maximum Gasteiger partial charge on any atom is 0.220 e. The summed E-state index contributed by atoms with van der Waals surface area (Å²) in [5, 5.41) is 18.0. The van der Waals surface area contributed by atoms with Gasteiger partial charge in [0.2, 0.25) is 5.91 Å². The van der Waals surface area contributed by atoms with Gasteiger partial charge in [0.1, 0.15) is 5.82 Å². The van der Waals surface area contributed by atoms with Crippen LogP contribution in [-0.2, 0) is 4.79 Å². The van der Waals surface area contributed by atoms with Crippen LogP contribution in [0, 0.1) is 19.8 Å². The van der Waals surface area contributed by atoms with Crippen LogP contribution >= 0.6 is 0 Å². The molecule has 1 saturated carbocycles. The number of piperidine rings is 1. The molecule has 2 N–H and O–H groups in total. The number of rotatable bonds is 4. The summed E-state index contributed by atoms with van der Waals surface area (Å²) in [5.41, 5.74) is 2.81. The quantitative estimate of drug-likeness (QED) is 0.859. The standard InChI is InChI=1S/C20H29N5O2/c1-13-14(2)22-18-7-8-21-25(18)20(13)24-11-16(10-17(26)12-24)23-19(27)9-15-5-3-4-6-15/h7-8,15-17,26H,3-6,9-12H2,1-2H3,(H,23,27)/t16-,17+/m0/s1. The lowest BCUT2D eigenvalue weighted by molar-refractivity contribution is -0.122. The lowest BCUT2D eigenvalue weighted by atomic mass is 10.00. The van der Waals surface area contributed by atoms with Gasteiger partial charge in [-0.3, -0.25) is 4.79 Å². The Morgan fingerprint density at radius 2 is 2.07 bits per heavy atom. The molecule has 0 aromatic carbocycles. The van der Waals surface area contributed by atoms with E-state index in [2.05, 4.69) is 20.3 Å². The van der Waals surface area contributed by atoms with Gasteiger partial charge in [-0.15, -0.1) is 0 Å². The van der Waals surface area contributed by atoms with Crippen molar-refractivity contribution in [2.45, 2.75) is 64.5 Å². The zero-order valence-electron chi connectivity index (χ0n) is 16.2. The summed E-state index contributed by atoms with van der Waals surface area (Å²) in [5.74, 6) is 1.60. The van der Waals surface area contributed by atoms with Crippen molar-refractivity contribution in [3.63, 3.8) is 0 Å². The fourth-order valence-electron chi connectivity index (χ4n) is 4.60. The van der Waals surface area contributed by atoms with Crippen molar-refractivity contribution in [3.8, 4) is 0 Å². The minimum absolute atomic E-state index is 0.0545. The van der Waals surface area contributed by atoms with Gasteiger partial charge in [0.15, 0.2) is 5.65 Å². The molecule has 7 nitrogen and oxygen atoms in total. The van der Waals surface area contributed by atoms with Gasteiger partial charge in [0.05, 0.1) is 12.3 Å². The van der Waals surface area contributed by atoms with Crippen molar-refractivity contribution in [1.29, 1.82) is 0 Å². The Balaban J connectivity index is 1.51. The van der Waals surface area contributed by atoms with Crippen LogP contribution in [0.2, 0.25) is 0 Å². The Hall–Kier alpha value is -2.15. The number of amides is 1. The number of aliphatic hydroxyl groups is 1. The number of aromatic nitrogens is 3. The number of carbonyl (C=O) groups excluding carboxylic acids is 1. The number of aliphatic hydroxyl groups excluding tert-OH is 1. The van der Waals surface area contributed by atoms with Crippen LogP contribution in [0.3, 0.4) is 0 Å². The van der Waals surface area contributed by atoms with Gasteiger partial charge in [-0.2, -0.15) is 9.61 Å². The fraction of sp³-hybridized carbons (Fsp3) is 0.650. The van der Waals surface area contributed by atoms with E-state index in [0.29, 0.717) is 31.8 Å². The molecule has 1 aliphatic carbocycles. The Labute approximate surface area is 159 Å². The monoisotopic (exact) mass is 371 g/mol. The van der Waals surface area contributed by atoms with Crippen molar-refractivity contribution < 1.29 is 9.90 Å². The smallest absolute Gasteiger partial charge is 0.220 e. The highest BCUT2D eigenvalue weighted by Gasteiger charge is 2.30. The molecule has 0 unspecified atom stereocenters. The third-order valence-electron chi connectivity index (χ3n) is 6.03. The largest absolute Gasteiger partial charge is 0.391 e. The Morgan fingerprint density at radius 1 is 1.30 bits per heavy atom. The minimum Gasteiger partial charge on any atom is -0.391 e. The van der Waals surface area contributed by atoms with Gasteiger partial charge in [-0.05, 0) is 39.0 Å². The number of anilines is 1. The molecule has 7 heteroatoms. The molecule has 0 spiro atoms. The SMILES string of the molecule is Cc1nc2ccnn2c(N2C[C@H](O)C[C@H](NC(=O)CC3CCCC3)C2)c1C. The summed E-state index contributed by atoms with van der Waals surface area (Å²) in [6.45, 7) is 5.24. The van der Waals surface area contributed by atoms with E-state index in [1.54, 1.807) is 6.20 Å². The highest BCUT2D eigenvalue weighted by molar-refractivity contribution is 5.76. The fourth-order valence-corrected chi connectivity index (χ4v) is 4.60. The molecule has 4 rings (SSSR count). The van der Waals surface area contributed by atoms with Gasteiger partial charge in [0.25, 0.3) is 0 Å². The summed E-state index contributed by atoms with van der Waals surface area (Å²) >= 11 is 0. The lowest BCUT2D eigenvalue weighted by Crippen LogP contribution is -2.53. The number of carbonyl (C=O) groups is 1. The lowest BCUT2D eigenvalue weighted by Gasteiger charge is -2.38. The van der Waals surface area contributed by atoms with Gasteiger partial charge >= 0.3 is 0 Å². The number of fused-ring (bicyclic) bond motifs is 1. The van der Waals surface area contributed by atoms with E-state index >= 15 is 0 Å². The molecule has 0 bridgehead atoms. The molecule has 1 amide bonds. The second-order valence-corrected chi connectivity index (χ2v) is 8.16.